The summed E-state index contributed by atoms with van der Waals surface area (Å²) in [5.74, 6) is -4.22. The summed E-state index contributed by atoms with van der Waals surface area (Å²) >= 11 is 0. The molecule has 1 saturated heterocycles. The van der Waals surface area contributed by atoms with Crippen LogP contribution in [0.3, 0.4) is 0 Å². The summed E-state index contributed by atoms with van der Waals surface area (Å²) in [5, 5.41) is 15.8. The number of aromatic amines is 1. The van der Waals surface area contributed by atoms with Crippen LogP contribution in [0, 0.1) is 0 Å². The van der Waals surface area contributed by atoms with E-state index in [1.807, 2.05) is 0 Å². The number of aromatic carboxylic acids is 1. The van der Waals surface area contributed by atoms with E-state index in [4.69, 9.17) is 9.47 Å². The maximum atomic E-state index is 12.0. The fourth-order valence-corrected chi connectivity index (χ4v) is 2.31. The third kappa shape index (κ3) is 2.54. The molecule has 0 unspecified atom stereocenters. The molecule has 0 spiro atoms. The monoisotopic (exact) mass is 316 g/mol. The highest BCUT2D eigenvalue weighted by Gasteiger charge is 2.39. The van der Waals surface area contributed by atoms with Crippen LogP contribution < -0.4 is 0 Å². The molecule has 0 bridgehead atoms. The fraction of sp³-hybridized carbons (Fsp3) is 0.200. The number of esters is 2. The summed E-state index contributed by atoms with van der Waals surface area (Å²) in [6.07, 6.45) is 1.24. The number of carboxylic acid groups (broad SMARTS) is 1. The van der Waals surface area contributed by atoms with Crippen LogP contribution in [0.4, 0.5) is 0 Å². The van der Waals surface area contributed by atoms with E-state index >= 15 is 0 Å². The number of cyclic esters (lactones) is 2. The molecule has 1 fully saturated rings. The summed E-state index contributed by atoms with van der Waals surface area (Å²) in [4.78, 5) is 35.2. The molecule has 0 aliphatic carbocycles. The average molecular weight is 316 g/mol. The third-order valence-corrected chi connectivity index (χ3v) is 3.24. The van der Waals surface area contributed by atoms with Crippen molar-refractivity contribution in [3.8, 4) is 0 Å². The van der Waals surface area contributed by atoms with Gasteiger partial charge in [0, 0.05) is 19.2 Å². The zero-order valence-corrected chi connectivity index (χ0v) is 12.2. The van der Waals surface area contributed by atoms with Crippen molar-refractivity contribution in [1.29, 1.82) is 0 Å². The minimum atomic E-state index is -1.33. The molecular formula is C15H12N2O6. The smallest absolute Gasteiger partial charge is 0.357 e. The maximum Gasteiger partial charge on any atom is 0.357 e. The number of H-pyrrole nitrogens is 1. The number of nitrogens with zero attached hydrogens (tertiary/aromatic N) is 1. The number of rotatable bonds is 2. The topological polar surface area (TPSA) is 119 Å². The van der Waals surface area contributed by atoms with Gasteiger partial charge in [0.05, 0.1) is 5.52 Å². The molecule has 8 heteroatoms. The normalized spacial score (nSPS) is 16.9. The average Bonchev–Trinajstić information content (AvgIpc) is 2.86. The molecule has 2 aromatic rings. The van der Waals surface area contributed by atoms with E-state index in [-0.39, 0.29) is 16.7 Å². The number of carboxylic acids is 1. The molecule has 0 amide bonds. The molecular weight excluding hydrogens is 304 g/mol. The van der Waals surface area contributed by atoms with Crippen molar-refractivity contribution in [1.82, 2.24) is 10.2 Å². The van der Waals surface area contributed by atoms with Crippen molar-refractivity contribution in [2.24, 2.45) is 0 Å². The van der Waals surface area contributed by atoms with E-state index in [0.29, 0.717) is 11.1 Å². The van der Waals surface area contributed by atoms with Crippen molar-refractivity contribution in [3.63, 3.8) is 0 Å². The lowest BCUT2D eigenvalue weighted by Crippen LogP contribution is -2.41. The second-order valence-electron chi connectivity index (χ2n) is 5.38. The zero-order chi connectivity index (χ0) is 16.8. The number of ether oxygens (including phenoxy) is 2. The number of nitrogens with one attached hydrogen (secondary N) is 1. The van der Waals surface area contributed by atoms with Crippen LogP contribution in [0.1, 0.15) is 29.9 Å². The Morgan fingerprint density at radius 3 is 2.52 bits per heavy atom. The first-order valence-corrected chi connectivity index (χ1v) is 6.67. The van der Waals surface area contributed by atoms with Crippen molar-refractivity contribution in [3.05, 3.63) is 35.0 Å². The highest BCUT2D eigenvalue weighted by molar-refractivity contribution is 6.20. The maximum absolute atomic E-state index is 12.0. The molecule has 0 atom stereocenters. The van der Waals surface area contributed by atoms with Crippen LogP contribution >= 0.6 is 0 Å². The standard InChI is InChI=1S/C15H12N2O6/c1-15(2)22-13(20)8(14(21)23-15)6-7-4-3-5-9-10(7)11(12(18)19)17-16-9/h3-6H,1-2H3,(H,16,17)(H,18,19). The summed E-state index contributed by atoms with van der Waals surface area (Å²) in [7, 11) is 0. The molecule has 23 heavy (non-hydrogen) atoms. The van der Waals surface area contributed by atoms with Gasteiger partial charge < -0.3 is 14.6 Å². The fourth-order valence-electron chi connectivity index (χ4n) is 2.31. The van der Waals surface area contributed by atoms with Gasteiger partial charge in [-0.3, -0.25) is 5.10 Å². The summed E-state index contributed by atoms with van der Waals surface area (Å²) in [5.41, 5.74) is 0.298. The molecule has 0 radical (unpaired) electrons. The van der Waals surface area contributed by atoms with Crippen molar-refractivity contribution >= 4 is 34.9 Å². The second kappa shape index (κ2) is 4.94. The van der Waals surface area contributed by atoms with E-state index in [2.05, 4.69) is 10.2 Å². The largest absolute Gasteiger partial charge is 0.476 e. The molecule has 1 aliphatic heterocycles. The predicted octanol–water partition coefficient (Wildman–Crippen LogP) is 1.48. The van der Waals surface area contributed by atoms with Crippen molar-refractivity contribution in [2.45, 2.75) is 19.6 Å². The Bertz CT molecular complexity index is 855. The van der Waals surface area contributed by atoms with Gasteiger partial charge in [0.1, 0.15) is 5.57 Å². The van der Waals surface area contributed by atoms with Crippen LogP contribution in [0.25, 0.3) is 17.0 Å². The number of carbonyl (C=O) groups excluding carboxylic acids is 2. The minimum absolute atomic E-state index is 0.203. The van der Waals surface area contributed by atoms with E-state index in [1.54, 1.807) is 18.2 Å². The van der Waals surface area contributed by atoms with Crippen LogP contribution in [-0.4, -0.2) is 39.0 Å². The Morgan fingerprint density at radius 2 is 1.91 bits per heavy atom. The molecule has 2 heterocycles. The molecule has 118 valence electrons. The van der Waals surface area contributed by atoms with Gasteiger partial charge in [0.25, 0.3) is 5.79 Å². The van der Waals surface area contributed by atoms with Gasteiger partial charge in [-0.25, -0.2) is 14.4 Å². The van der Waals surface area contributed by atoms with E-state index in [0.717, 1.165) is 0 Å². The molecule has 2 N–H and O–H groups in total. The quantitative estimate of drug-likeness (QED) is 0.489. The van der Waals surface area contributed by atoms with Gasteiger partial charge in [-0.15, -0.1) is 0 Å². The van der Waals surface area contributed by atoms with Crippen molar-refractivity contribution < 1.29 is 29.0 Å². The first kappa shape index (κ1) is 14.8. The van der Waals surface area contributed by atoms with Gasteiger partial charge in [-0.2, -0.15) is 5.10 Å². The lowest BCUT2D eigenvalue weighted by atomic mass is 10.0. The molecule has 1 aromatic heterocycles. The van der Waals surface area contributed by atoms with Gasteiger partial charge in [0.2, 0.25) is 0 Å². The summed E-state index contributed by atoms with van der Waals surface area (Å²) < 4.78 is 10.0. The highest BCUT2D eigenvalue weighted by atomic mass is 16.7. The number of benzene rings is 1. The highest BCUT2D eigenvalue weighted by Crippen LogP contribution is 2.27. The Labute approximate surface area is 129 Å². The lowest BCUT2D eigenvalue weighted by Gasteiger charge is -2.29. The van der Waals surface area contributed by atoms with E-state index in [1.165, 1.54) is 19.9 Å². The van der Waals surface area contributed by atoms with Crippen LogP contribution in [0.15, 0.2) is 23.8 Å². The van der Waals surface area contributed by atoms with Crippen LogP contribution in [0.5, 0.6) is 0 Å². The number of hydrogen-bond acceptors (Lipinski definition) is 6. The minimum Gasteiger partial charge on any atom is -0.476 e. The van der Waals surface area contributed by atoms with E-state index in [9.17, 15) is 19.5 Å². The van der Waals surface area contributed by atoms with Gasteiger partial charge >= 0.3 is 17.9 Å². The van der Waals surface area contributed by atoms with Gasteiger partial charge in [0.15, 0.2) is 5.69 Å². The Kier molecular flexibility index (Phi) is 3.17. The number of aromatic nitrogens is 2. The first-order valence-electron chi connectivity index (χ1n) is 6.67. The predicted molar refractivity (Wildman–Crippen MR) is 77.3 cm³/mol. The molecule has 0 saturated carbocycles. The van der Waals surface area contributed by atoms with Gasteiger partial charge in [-0.05, 0) is 17.7 Å². The molecule has 1 aliphatic rings. The third-order valence-electron chi connectivity index (χ3n) is 3.24. The summed E-state index contributed by atoms with van der Waals surface area (Å²) in [6, 6.07) is 4.84. The van der Waals surface area contributed by atoms with Gasteiger partial charge in [-0.1, -0.05) is 12.1 Å². The van der Waals surface area contributed by atoms with E-state index < -0.39 is 23.7 Å². The number of fused-ring (bicyclic) bond motifs is 1. The molecule has 8 nitrogen and oxygen atoms in total. The number of carbonyl (C=O) groups is 3. The SMILES string of the molecule is CC1(C)OC(=O)C(=Cc2cccc3[nH]nc(C(=O)O)c23)C(=O)O1. The Balaban J connectivity index is 2.14. The molecule has 1 aromatic carbocycles. The van der Waals surface area contributed by atoms with Crippen LogP contribution in [0.2, 0.25) is 0 Å². The number of hydrogen-bond donors (Lipinski definition) is 2. The Morgan fingerprint density at radius 1 is 1.26 bits per heavy atom. The first-order chi connectivity index (χ1) is 10.8. The Hall–Kier alpha value is -3.16. The summed E-state index contributed by atoms with van der Waals surface area (Å²) in [6.45, 7) is 2.89. The van der Waals surface area contributed by atoms with Crippen molar-refractivity contribution in [2.75, 3.05) is 0 Å². The van der Waals surface area contributed by atoms with Crippen LogP contribution in [-0.2, 0) is 19.1 Å². The second-order valence-corrected chi connectivity index (χ2v) is 5.38. The zero-order valence-electron chi connectivity index (χ0n) is 12.2. The molecule has 3 rings (SSSR count). The lowest BCUT2D eigenvalue weighted by molar-refractivity contribution is -0.222.